The molecule has 9 heteroatoms. The van der Waals surface area contributed by atoms with Crippen LogP contribution in [0.5, 0.6) is 0 Å². The Morgan fingerprint density at radius 3 is 2.71 bits per heavy atom. The maximum atomic E-state index is 13.0. The van der Waals surface area contributed by atoms with Gasteiger partial charge in [0.05, 0.1) is 0 Å². The Labute approximate surface area is 95.5 Å². The molecule has 2 heterocycles. The van der Waals surface area contributed by atoms with Gasteiger partial charge in [0.1, 0.15) is 12.0 Å². The number of hydrogen-bond acceptors (Lipinski definition) is 6. The molecular weight excluding hydrogens is 251 g/mol. The fraction of sp³-hybridized carbons (Fsp3) is 0.375. The Hall–Kier alpha value is -1.77. The normalized spacial score (nSPS) is 16.3. The maximum Gasteiger partial charge on any atom is 0.368 e. The summed E-state index contributed by atoms with van der Waals surface area (Å²) in [6.45, 7) is 0. The molecule has 1 saturated carbocycles. The van der Waals surface area contributed by atoms with Crippen LogP contribution in [-0.4, -0.2) is 28.2 Å². The molecule has 1 fully saturated rings. The first-order chi connectivity index (χ1) is 8.07. The van der Waals surface area contributed by atoms with Gasteiger partial charge in [-0.2, -0.15) is 8.42 Å². The third-order valence-electron chi connectivity index (χ3n) is 2.46. The van der Waals surface area contributed by atoms with Gasteiger partial charge in [-0.05, 0) is 12.8 Å². The van der Waals surface area contributed by atoms with Crippen LogP contribution in [0.3, 0.4) is 0 Å². The van der Waals surface area contributed by atoms with Crippen LogP contribution >= 0.6 is 0 Å². The largest absolute Gasteiger partial charge is 0.451 e. The van der Waals surface area contributed by atoms with Crippen molar-refractivity contribution < 1.29 is 16.7 Å². The highest BCUT2D eigenvalue weighted by Gasteiger charge is 2.35. The topological polar surface area (TPSA) is 90.9 Å². The molecule has 2 aromatic rings. The third-order valence-corrected chi connectivity index (χ3v) is 3.17. The molecule has 0 aromatic carbocycles. The van der Waals surface area contributed by atoms with E-state index < -0.39 is 15.4 Å². The average molecular weight is 258 g/mol. The Balaban J connectivity index is 2.21. The monoisotopic (exact) mass is 258 g/mol. The lowest BCUT2D eigenvalue weighted by atomic mass is 10.4. The highest BCUT2D eigenvalue weighted by atomic mass is 32.3. The zero-order valence-corrected chi connectivity index (χ0v) is 9.26. The lowest BCUT2D eigenvalue weighted by molar-refractivity contribution is 0.524. The van der Waals surface area contributed by atoms with Crippen LogP contribution in [0.15, 0.2) is 22.2 Å². The summed E-state index contributed by atoms with van der Waals surface area (Å²) in [5.41, 5.74) is 0.333. The molecule has 7 nitrogen and oxygen atoms in total. The zero-order valence-electron chi connectivity index (χ0n) is 8.45. The van der Waals surface area contributed by atoms with E-state index in [2.05, 4.69) is 15.2 Å². The second-order valence-electron chi connectivity index (χ2n) is 3.72. The van der Waals surface area contributed by atoms with Crippen molar-refractivity contribution in [2.24, 2.45) is 0 Å². The van der Waals surface area contributed by atoms with E-state index in [9.17, 15) is 12.3 Å². The Kier molecular flexibility index (Phi) is 2.05. The molecule has 0 N–H and O–H groups in total. The van der Waals surface area contributed by atoms with Crippen LogP contribution in [-0.2, 0) is 10.2 Å². The molecule has 0 atom stereocenters. The van der Waals surface area contributed by atoms with E-state index in [-0.39, 0.29) is 11.9 Å². The molecule has 0 bridgehead atoms. The fourth-order valence-corrected chi connectivity index (χ4v) is 2.21. The minimum atomic E-state index is -4.88. The highest BCUT2D eigenvalue weighted by molar-refractivity contribution is 7.86. The van der Waals surface area contributed by atoms with Gasteiger partial charge < -0.3 is 4.42 Å². The van der Waals surface area contributed by atoms with Gasteiger partial charge in [-0.1, -0.05) is 3.89 Å². The zero-order chi connectivity index (χ0) is 12.0. The fourth-order valence-electron chi connectivity index (χ4n) is 1.60. The average Bonchev–Trinajstić information content (AvgIpc) is 2.81. The molecule has 0 saturated heterocycles. The molecule has 0 radical (unpaired) electrons. The third kappa shape index (κ3) is 1.71. The summed E-state index contributed by atoms with van der Waals surface area (Å²) >= 11 is 0. The van der Waals surface area contributed by atoms with Gasteiger partial charge in [0, 0.05) is 6.04 Å². The lowest BCUT2D eigenvalue weighted by Crippen LogP contribution is -2.06. The summed E-state index contributed by atoms with van der Waals surface area (Å²) in [6.07, 6.45) is 4.03. The molecule has 17 heavy (non-hydrogen) atoms. The van der Waals surface area contributed by atoms with Crippen LogP contribution in [0.25, 0.3) is 11.5 Å². The molecule has 0 amide bonds. The number of halogens is 1. The first kappa shape index (κ1) is 10.4. The van der Waals surface area contributed by atoms with Gasteiger partial charge in [0.2, 0.25) is 0 Å². The molecule has 2 aromatic heterocycles. The Morgan fingerprint density at radius 1 is 1.41 bits per heavy atom. The van der Waals surface area contributed by atoms with Crippen molar-refractivity contribution in [1.29, 1.82) is 0 Å². The summed E-state index contributed by atoms with van der Waals surface area (Å²) in [5.74, 6) is 0.206. The summed E-state index contributed by atoms with van der Waals surface area (Å²) in [5, 5.41) is 6.36. The van der Waals surface area contributed by atoms with Crippen LogP contribution in [0.1, 0.15) is 18.9 Å². The van der Waals surface area contributed by atoms with Crippen molar-refractivity contribution in [3.05, 3.63) is 12.7 Å². The van der Waals surface area contributed by atoms with Crippen molar-refractivity contribution in [2.75, 3.05) is 0 Å². The van der Waals surface area contributed by atoms with E-state index in [0.717, 1.165) is 12.8 Å². The molecular formula is C8H7FN4O3S. The quantitative estimate of drug-likeness (QED) is 0.760. The minimum absolute atomic E-state index is 0.0859. The van der Waals surface area contributed by atoms with Gasteiger partial charge >= 0.3 is 10.2 Å². The van der Waals surface area contributed by atoms with Crippen molar-refractivity contribution in [3.8, 4) is 11.5 Å². The Bertz CT molecular complexity index is 644. The molecule has 90 valence electrons. The van der Waals surface area contributed by atoms with Crippen LogP contribution < -0.4 is 0 Å². The highest BCUT2D eigenvalue weighted by Crippen LogP contribution is 2.39. The first-order valence-corrected chi connectivity index (χ1v) is 6.24. The summed E-state index contributed by atoms with van der Waals surface area (Å²) < 4.78 is 40.9. The number of hydrogen-bond donors (Lipinski definition) is 0. The molecule has 0 aliphatic heterocycles. The summed E-state index contributed by atoms with van der Waals surface area (Å²) in [7, 11) is -4.88. The van der Waals surface area contributed by atoms with Gasteiger partial charge in [-0.3, -0.25) is 4.57 Å². The van der Waals surface area contributed by atoms with E-state index in [1.54, 1.807) is 0 Å². The summed E-state index contributed by atoms with van der Waals surface area (Å²) in [6, 6.07) is -0.0859. The number of oxazole rings is 1. The van der Waals surface area contributed by atoms with E-state index >= 15 is 0 Å². The Morgan fingerprint density at radius 2 is 2.18 bits per heavy atom. The molecule has 0 spiro atoms. The lowest BCUT2D eigenvalue weighted by Gasteiger charge is -2.03. The van der Waals surface area contributed by atoms with Gasteiger partial charge in [-0.15, -0.1) is 10.2 Å². The van der Waals surface area contributed by atoms with Gasteiger partial charge in [0.25, 0.3) is 5.16 Å². The SMILES string of the molecule is O=S(=O)(F)c1nnc(-c2cocn2)n1C1CC1. The minimum Gasteiger partial charge on any atom is -0.451 e. The van der Waals surface area contributed by atoms with E-state index in [1.165, 1.54) is 17.2 Å². The predicted octanol–water partition coefficient (Wildman–Crippen LogP) is 0.926. The smallest absolute Gasteiger partial charge is 0.368 e. The first-order valence-electron chi connectivity index (χ1n) is 4.85. The van der Waals surface area contributed by atoms with Crippen molar-refractivity contribution >= 4 is 10.2 Å². The van der Waals surface area contributed by atoms with Crippen molar-refractivity contribution in [3.63, 3.8) is 0 Å². The van der Waals surface area contributed by atoms with E-state index in [1.807, 2.05) is 0 Å². The van der Waals surface area contributed by atoms with Crippen molar-refractivity contribution in [2.45, 2.75) is 24.0 Å². The van der Waals surface area contributed by atoms with Crippen LogP contribution in [0.2, 0.25) is 0 Å². The van der Waals surface area contributed by atoms with Gasteiger partial charge in [0.15, 0.2) is 12.2 Å². The second-order valence-corrected chi connectivity index (χ2v) is 4.96. The maximum absolute atomic E-state index is 13.0. The molecule has 1 aliphatic carbocycles. The molecule has 3 rings (SSSR count). The number of aromatic nitrogens is 4. The number of rotatable bonds is 3. The molecule has 0 unspecified atom stereocenters. The summed E-state index contributed by atoms with van der Waals surface area (Å²) in [4.78, 5) is 3.85. The predicted molar refractivity (Wildman–Crippen MR) is 52.1 cm³/mol. The number of nitrogens with zero attached hydrogens (tertiary/aromatic N) is 4. The van der Waals surface area contributed by atoms with Gasteiger partial charge in [-0.25, -0.2) is 4.98 Å². The molecule has 1 aliphatic rings. The van der Waals surface area contributed by atoms with E-state index in [4.69, 9.17) is 4.42 Å². The van der Waals surface area contributed by atoms with Crippen molar-refractivity contribution in [1.82, 2.24) is 19.7 Å². The standard InChI is InChI=1S/C8H7FN4O3S/c9-17(14,15)8-12-11-7(6-3-16-4-10-6)13(8)5-1-2-5/h3-5H,1-2H2. The second kappa shape index (κ2) is 3.36. The van der Waals surface area contributed by atoms with E-state index in [0.29, 0.717) is 5.69 Å². The van der Waals surface area contributed by atoms with Crippen LogP contribution in [0, 0.1) is 0 Å². The van der Waals surface area contributed by atoms with Crippen LogP contribution in [0.4, 0.5) is 3.89 Å².